The van der Waals surface area contributed by atoms with E-state index in [9.17, 15) is 9.90 Å². The molecule has 0 saturated heterocycles. The Balaban J connectivity index is 3.52. The van der Waals surface area contributed by atoms with Crippen molar-refractivity contribution in [3.63, 3.8) is 0 Å². The van der Waals surface area contributed by atoms with Crippen LogP contribution in [0.5, 0.6) is 0 Å². The van der Waals surface area contributed by atoms with Crippen LogP contribution in [0.2, 0.25) is 0 Å². The molecule has 2 amide bonds. The molecule has 0 radical (unpaired) electrons. The number of rotatable bonds is 10. The maximum Gasteiger partial charge on any atom is 0.318 e. The fourth-order valence-electron chi connectivity index (χ4n) is 1.11. The van der Waals surface area contributed by atoms with E-state index < -0.39 is 12.1 Å². The van der Waals surface area contributed by atoms with Gasteiger partial charge in [0.05, 0.1) is 19.3 Å². The van der Waals surface area contributed by atoms with Gasteiger partial charge in [-0.1, -0.05) is 12.7 Å². The molecule has 0 aromatic rings. The number of amides is 2. The van der Waals surface area contributed by atoms with Crippen LogP contribution >= 0.6 is 0 Å². The zero-order chi connectivity index (χ0) is 13.1. The molecule has 6 heteroatoms. The minimum atomic E-state index is -0.583. The van der Waals surface area contributed by atoms with Crippen molar-refractivity contribution < 1.29 is 14.6 Å². The summed E-state index contributed by atoms with van der Waals surface area (Å²) >= 11 is 0. The number of aliphatic hydroxyl groups excluding tert-OH is 1. The van der Waals surface area contributed by atoms with Gasteiger partial charge in [-0.2, -0.15) is 0 Å². The Hall–Kier alpha value is -1.37. The number of carbonyl (C=O) groups is 1. The van der Waals surface area contributed by atoms with E-state index in [2.05, 4.69) is 18.5 Å². The smallest absolute Gasteiger partial charge is 0.318 e. The van der Waals surface area contributed by atoms with Crippen LogP contribution in [0.25, 0.3) is 0 Å². The van der Waals surface area contributed by atoms with Gasteiger partial charge in [-0.15, -0.1) is 6.58 Å². The molecule has 0 rings (SSSR count). The summed E-state index contributed by atoms with van der Waals surface area (Å²) in [6, 6.07) is -0.545. The monoisotopic (exact) mass is 243 g/mol. The number of urea groups is 1. The first kappa shape index (κ1) is 15.6. The standard InChI is InChI=1S/C11H21N3O3/c1-3-7-17-9-10(15)8-13-5-6-14(4-2)11(12)16/h3-4,10,13,15H,1-2,5-9H2,(H2,12,16). The molecule has 0 saturated carbocycles. The molecule has 0 aromatic carbocycles. The van der Waals surface area contributed by atoms with Gasteiger partial charge in [0.1, 0.15) is 0 Å². The van der Waals surface area contributed by atoms with Crippen molar-refractivity contribution in [2.75, 3.05) is 32.8 Å². The first-order chi connectivity index (χ1) is 8.11. The van der Waals surface area contributed by atoms with Crippen LogP contribution < -0.4 is 11.1 Å². The topological polar surface area (TPSA) is 87.8 Å². The SMILES string of the molecule is C=CCOCC(O)CNCCN(C=C)C(N)=O. The van der Waals surface area contributed by atoms with E-state index in [1.54, 1.807) is 6.08 Å². The highest BCUT2D eigenvalue weighted by Gasteiger charge is 2.06. The molecule has 1 unspecified atom stereocenters. The second-order valence-electron chi connectivity index (χ2n) is 3.40. The summed E-state index contributed by atoms with van der Waals surface area (Å²) in [6.45, 7) is 8.96. The van der Waals surface area contributed by atoms with Crippen LogP contribution in [-0.2, 0) is 4.74 Å². The minimum Gasteiger partial charge on any atom is -0.389 e. The van der Waals surface area contributed by atoms with Gasteiger partial charge in [-0.3, -0.25) is 0 Å². The second-order valence-corrected chi connectivity index (χ2v) is 3.40. The molecular weight excluding hydrogens is 222 g/mol. The average molecular weight is 243 g/mol. The molecule has 98 valence electrons. The molecule has 0 spiro atoms. The van der Waals surface area contributed by atoms with E-state index in [1.807, 2.05) is 0 Å². The van der Waals surface area contributed by atoms with Gasteiger partial charge in [-0.05, 0) is 0 Å². The summed E-state index contributed by atoms with van der Waals surface area (Å²) in [7, 11) is 0. The number of primary amides is 1. The highest BCUT2D eigenvalue weighted by Crippen LogP contribution is 1.87. The summed E-state index contributed by atoms with van der Waals surface area (Å²) in [6.07, 6.45) is 2.41. The molecule has 17 heavy (non-hydrogen) atoms. The Morgan fingerprint density at radius 1 is 1.59 bits per heavy atom. The highest BCUT2D eigenvalue weighted by atomic mass is 16.5. The lowest BCUT2D eigenvalue weighted by atomic mass is 10.3. The molecule has 0 aliphatic heterocycles. The number of nitrogens with two attached hydrogens (primary N) is 1. The van der Waals surface area contributed by atoms with Crippen LogP contribution in [0, 0.1) is 0 Å². The Labute approximate surface area is 102 Å². The largest absolute Gasteiger partial charge is 0.389 e. The lowest BCUT2D eigenvalue weighted by molar-refractivity contribution is 0.0495. The number of carbonyl (C=O) groups excluding carboxylic acids is 1. The maximum atomic E-state index is 10.8. The van der Waals surface area contributed by atoms with Crippen molar-refractivity contribution in [3.05, 3.63) is 25.4 Å². The number of nitrogens with zero attached hydrogens (tertiary/aromatic N) is 1. The number of hydrogen-bond donors (Lipinski definition) is 3. The van der Waals surface area contributed by atoms with Crippen LogP contribution in [0.4, 0.5) is 4.79 Å². The van der Waals surface area contributed by atoms with Crippen molar-refractivity contribution in [2.45, 2.75) is 6.10 Å². The second kappa shape index (κ2) is 9.83. The predicted molar refractivity (Wildman–Crippen MR) is 66.4 cm³/mol. The van der Waals surface area contributed by atoms with Gasteiger partial charge < -0.3 is 25.8 Å². The summed E-state index contributed by atoms with van der Waals surface area (Å²) in [4.78, 5) is 12.1. The lowest BCUT2D eigenvalue weighted by Crippen LogP contribution is -2.39. The number of ether oxygens (including phenoxy) is 1. The van der Waals surface area contributed by atoms with E-state index in [4.69, 9.17) is 10.5 Å². The Morgan fingerprint density at radius 2 is 2.29 bits per heavy atom. The van der Waals surface area contributed by atoms with E-state index in [1.165, 1.54) is 11.1 Å². The molecule has 0 bridgehead atoms. The van der Waals surface area contributed by atoms with Crippen LogP contribution in [0.1, 0.15) is 0 Å². The van der Waals surface area contributed by atoms with Gasteiger partial charge in [0.2, 0.25) is 0 Å². The van der Waals surface area contributed by atoms with E-state index in [0.29, 0.717) is 26.2 Å². The van der Waals surface area contributed by atoms with Gasteiger partial charge >= 0.3 is 6.03 Å². The van der Waals surface area contributed by atoms with Crippen LogP contribution in [0.3, 0.4) is 0 Å². The molecule has 0 fully saturated rings. The van der Waals surface area contributed by atoms with Crippen LogP contribution in [-0.4, -0.2) is 55.0 Å². The number of hydrogen-bond acceptors (Lipinski definition) is 4. The Morgan fingerprint density at radius 3 is 2.82 bits per heavy atom. The number of nitrogens with one attached hydrogen (secondary N) is 1. The van der Waals surface area contributed by atoms with Gasteiger partial charge in [0, 0.05) is 25.8 Å². The predicted octanol–water partition coefficient (Wildman–Crippen LogP) is -0.336. The van der Waals surface area contributed by atoms with Gasteiger partial charge in [0.25, 0.3) is 0 Å². The first-order valence-electron chi connectivity index (χ1n) is 5.37. The quantitative estimate of drug-likeness (QED) is 0.362. The average Bonchev–Trinajstić information content (AvgIpc) is 2.29. The molecule has 0 aromatic heterocycles. The summed E-state index contributed by atoms with van der Waals surface area (Å²) in [5.74, 6) is 0. The molecule has 0 aliphatic carbocycles. The van der Waals surface area contributed by atoms with E-state index in [0.717, 1.165) is 0 Å². The third kappa shape index (κ3) is 8.44. The van der Waals surface area contributed by atoms with Crippen molar-refractivity contribution in [1.29, 1.82) is 0 Å². The minimum absolute atomic E-state index is 0.250. The zero-order valence-corrected chi connectivity index (χ0v) is 9.97. The molecule has 0 heterocycles. The maximum absolute atomic E-state index is 10.8. The molecular formula is C11H21N3O3. The fraction of sp³-hybridized carbons (Fsp3) is 0.545. The van der Waals surface area contributed by atoms with Crippen molar-refractivity contribution in [2.24, 2.45) is 5.73 Å². The normalized spacial score (nSPS) is 11.8. The summed E-state index contributed by atoms with van der Waals surface area (Å²) < 4.78 is 5.07. The lowest BCUT2D eigenvalue weighted by Gasteiger charge is -2.16. The molecule has 4 N–H and O–H groups in total. The Bertz CT molecular complexity index is 246. The first-order valence-corrected chi connectivity index (χ1v) is 5.37. The molecule has 0 aliphatic rings. The van der Waals surface area contributed by atoms with Crippen molar-refractivity contribution in [3.8, 4) is 0 Å². The van der Waals surface area contributed by atoms with Crippen molar-refractivity contribution >= 4 is 6.03 Å². The fourth-order valence-corrected chi connectivity index (χ4v) is 1.11. The summed E-state index contributed by atoms with van der Waals surface area (Å²) in [5, 5.41) is 12.4. The highest BCUT2D eigenvalue weighted by molar-refractivity contribution is 5.72. The third-order valence-corrected chi connectivity index (χ3v) is 1.96. The molecule has 1 atom stereocenters. The van der Waals surface area contributed by atoms with E-state index >= 15 is 0 Å². The van der Waals surface area contributed by atoms with Gasteiger partial charge in [0.15, 0.2) is 0 Å². The zero-order valence-electron chi connectivity index (χ0n) is 9.97. The number of aliphatic hydroxyl groups is 1. The van der Waals surface area contributed by atoms with Crippen molar-refractivity contribution in [1.82, 2.24) is 10.2 Å². The third-order valence-electron chi connectivity index (χ3n) is 1.96. The van der Waals surface area contributed by atoms with Gasteiger partial charge in [-0.25, -0.2) is 4.79 Å². The summed E-state index contributed by atoms with van der Waals surface area (Å²) in [5.41, 5.74) is 5.08. The molecule has 6 nitrogen and oxygen atoms in total. The van der Waals surface area contributed by atoms with Crippen LogP contribution in [0.15, 0.2) is 25.4 Å². The van der Waals surface area contributed by atoms with E-state index in [-0.39, 0.29) is 6.61 Å². The Kier molecular flexibility index (Phi) is 9.04.